The van der Waals surface area contributed by atoms with Crippen LogP contribution >= 0.6 is 0 Å². The third-order valence-electron chi connectivity index (χ3n) is 5.36. The minimum Gasteiger partial charge on any atom is -0.381 e. The number of likely N-dealkylation sites (tertiary alicyclic amines) is 1. The Labute approximate surface area is 146 Å². The quantitative estimate of drug-likeness (QED) is 0.932. The number of carbonyl (C=O) groups is 1. The van der Waals surface area contributed by atoms with Gasteiger partial charge in [0, 0.05) is 31.5 Å². The van der Waals surface area contributed by atoms with Gasteiger partial charge in [-0.25, -0.2) is 4.39 Å². The van der Waals surface area contributed by atoms with Crippen molar-refractivity contribution in [2.75, 3.05) is 26.3 Å². The topological polar surface area (TPSA) is 58.2 Å². The van der Waals surface area contributed by atoms with E-state index < -0.39 is 0 Å². The fraction of sp³-hybridized carbons (Fsp3) is 0.474. The molecule has 4 rings (SSSR count). The predicted octanol–water partition coefficient (Wildman–Crippen LogP) is 2.96. The summed E-state index contributed by atoms with van der Waals surface area (Å²) in [5.41, 5.74) is 2.46. The first-order valence-corrected chi connectivity index (χ1v) is 8.87. The number of aromatic nitrogens is 2. The minimum absolute atomic E-state index is 0.0162. The summed E-state index contributed by atoms with van der Waals surface area (Å²) in [6.45, 7) is 2.62. The van der Waals surface area contributed by atoms with Gasteiger partial charge >= 0.3 is 0 Å². The molecule has 3 heterocycles. The van der Waals surface area contributed by atoms with Crippen LogP contribution in [-0.2, 0) is 9.53 Å². The number of rotatable bonds is 3. The van der Waals surface area contributed by atoms with Gasteiger partial charge in [0.1, 0.15) is 5.82 Å². The van der Waals surface area contributed by atoms with Gasteiger partial charge in [-0.15, -0.1) is 0 Å². The van der Waals surface area contributed by atoms with Crippen LogP contribution in [0.3, 0.4) is 0 Å². The van der Waals surface area contributed by atoms with Gasteiger partial charge in [-0.1, -0.05) is 12.1 Å². The molecule has 0 bridgehead atoms. The number of hydrogen-bond acceptors (Lipinski definition) is 3. The molecule has 1 aromatic carbocycles. The van der Waals surface area contributed by atoms with Crippen LogP contribution in [0.1, 0.15) is 30.7 Å². The summed E-state index contributed by atoms with van der Waals surface area (Å²) < 4.78 is 19.9. The Morgan fingerprint density at radius 1 is 1.24 bits per heavy atom. The second-order valence-corrected chi connectivity index (χ2v) is 6.88. The lowest BCUT2D eigenvalue weighted by atomic mass is 9.87. The van der Waals surface area contributed by atoms with Crippen LogP contribution in [0.15, 0.2) is 30.6 Å². The predicted molar refractivity (Wildman–Crippen MR) is 91.5 cm³/mol. The number of nitrogens with zero attached hydrogens (tertiary/aromatic N) is 2. The highest BCUT2D eigenvalue weighted by atomic mass is 19.1. The van der Waals surface area contributed by atoms with Crippen molar-refractivity contribution in [3.8, 4) is 11.1 Å². The molecule has 132 valence electrons. The first-order valence-electron chi connectivity index (χ1n) is 8.87. The van der Waals surface area contributed by atoms with Crippen molar-refractivity contribution in [2.45, 2.75) is 25.2 Å². The van der Waals surface area contributed by atoms with Crippen molar-refractivity contribution in [1.29, 1.82) is 0 Å². The standard InChI is InChI=1S/C19H22FN3O2/c20-18-9-14(16-10-21-22-11-16)1-2-17(18)13-3-6-23(7-4-13)19(24)15-5-8-25-12-15/h1-2,9-11,13,15H,3-8,12H2,(H,21,22). The molecule has 1 unspecified atom stereocenters. The summed E-state index contributed by atoms with van der Waals surface area (Å²) in [7, 11) is 0. The van der Waals surface area contributed by atoms with Gasteiger partial charge in [0.05, 0.1) is 18.7 Å². The van der Waals surface area contributed by atoms with Crippen LogP contribution in [0, 0.1) is 11.7 Å². The summed E-state index contributed by atoms with van der Waals surface area (Å²) in [5, 5.41) is 6.65. The number of ether oxygens (including phenoxy) is 1. The molecule has 25 heavy (non-hydrogen) atoms. The summed E-state index contributed by atoms with van der Waals surface area (Å²) in [6, 6.07) is 5.40. The molecule has 2 saturated heterocycles. The van der Waals surface area contributed by atoms with Crippen molar-refractivity contribution < 1.29 is 13.9 Å². The Kier molecular flexibility index (Phi) is 4.53. The van der Waals surface area contributed by atoms with E-state index >= 15 is 0 Å². The van der Waals surface area contributed by atoms with Crippen molar-refractivity contribution in [1.82, 2.24) is 15.1 Å². The van der Waals surface area contributed by atoms with E-state index in [0.29, 0.717) is 26.3 Å². The number of amides is 1. The van der Waals surface area contributed by atoms with Crippen molar-refractivity contribution in [3.05, 3.63) is 42.0 Å². The molecule has 2 aromatic rings. The van der Waals surface area contributed by atoms with Gasteiger partial charge in [-0.05, 0) is 42.4 Å². The van der Waals surface area contributed by atoms with Gasteiger partial charge < -0.3 is 9.64 Å². The molecular weight excluding hydrogens is 321 g/mol. The lowest BCUT2D eigenvalue weighted by molar-refractivity contribution is -0.136. The summed E-state index contributed by atoms with van der Waals surface area (Å²) >= 11 is 0. The monoisotopic (exact) mass is 343 g/mol. The molecule has 6 heteroatoms. The average Bonchev–Trinajstić information content (AvgIpc) is 3.35. The molecule has 1 aromatic heterocycles. The van der Waals surface area contributed by atoms with Gasteiger partial charge in [-0.2, -0.15) is 5.10 Å². The molecule has 1 atom stereocenters. The van der Waals surface area contributed by atoms with Crippen LogP contribution in [0.2, 0.25) is 0 Å². The van der Waals surface area contributed by atoms with Crippen LogP contribution in [0.5, 0.6) is 0 Å². The summed E-state index contributed by atoms with van der Waals surface area (Å²) in [6.07, 6.45) is 5.88. The van der Waals surface area contributed by atoms with Crippen LogP contribution in [0.25, 0.3) is 11.1 Å². The third-order valence-corrected chi connectivity index (χ3v) is 5.36. The lowest BCUT2D eigenvalue weighted by Crippen LogP contribution is -2.41. The van der Waals surface area contributed by atoms with Gasteiger partial charge in [-0.3, -0.25) is 9.89 Å². The Hall–Kier alpha value is -2.21. The molecular formula is C19H22FN3O2. The second kappa shape index (κ2) is 6.96. The maximum Gasteiger partial charge on any atom is 0.228 e. The van der Waals surface area contributed by atoms with E-state index in [0.717, 1.165) is 36.0 Å². The maximum atomic E-state index is 14.6. The van der Waals surface area contributed by atoms with Crippen LogP contribution in [0.4, 0.5) is 4.39 Å². The van der Waals surface area contributed by atoms with E-state index in [9.17, 15) is 9.18 Å². The third kappa shape index (κ3) is 3.31. The Morgan fingerprint density at radius 3 is 2.72 bits per heavy atom. The number of H-pyrrole nitrogens is 1. The van der Waals surface area contributed by atoms with E-state index in [1.54, 1.807) is 18.5 Å². The molecule has 1 N–H and O–H groups in total. The summed E-state index contributed by atoms with van der Waals surface area (Å²) in [4.78, 5) is 14.4. The highest BCUT2D eigenvalue weighted by molar-refractivity contribution is 5.79. The highest BCUT2D eigenvalue weighted by Gasteiger charge is 2.31. The fourth-order valence-corrected chi connectivity index (χ4v) is 3.84. The number of hydrogen-bond donors (Lipinski definition) is 1. The molecule has 0 spiro atoms. The molecule has 2 fully saturated rings. The molecule has 2 aliphatic heterocycles. The SMILES string of the molecule is O=C(C1CCOC1)N1CCC(c2ccc(-c3cn[nH]c3)cc2F)CC1. The highest BCUT2D eigenvalue weighted by Crippen LogP contribution is 2.32. The normalized spacial score (nSPS) is 21.6. The molecule has 0 aliphatic carbocycles. The molecule has 0 radical (unpaired) electrons. The largest absolute Gasteiger partial charge is 0.381 e. The molecule has 2 aliphatic rings. The number of nitrogens with one attached hydrogen (secondary N) is 1. The van der Waals surface area contributed by atoms with Gasteiger partial charge in [0.15, 0.2) is 0 Å². The van der Waals surface area contributed by atoms with Crippen molar-refractivity contribution in [3.63, 3.8) is 0 Å². The van der Waals surface area contributed by atoms with Gasteiger partial charge in [0.25, 0.3) is 0 Å². The summed E-state index contributed by atoms with van der Waals surface area (Å²) in [5.74, 6) is 0.212. The number of piperidine rings is 1. The van der Waals surface area contributed by atoms with E-state index in [1.807, 2.05) is 17.0 Å². The second-order valence-electron chi connectivity index (χ2n) is 6.88. The number of aromatic amines is 1. The maximum absolute atomic E-state index is 14.6. The number of carbonyl (C=O) groups excluding carboxylic acids is 1. The first-order chi connectivity index (χ1) is 12.2. The fourth-order valence-electron chi connectivity index (χ4n) is 3.84. The lowest BCUT2D eigenvalue weighted by Gasteiger charge is -2.33. The minimum atomic E-state index is -0.173. The average molecular weight is 343 g/mol. The molecule has 5 nitrogen and oxygen atoms in total. The van der Waals surface area contributed by atoms with E-state index in [-0.39, 0.29) is 23.6 Å². The van der Waals surface area contributed by atoms with Crippen molar-refractivity contribution in [2.24, 2.45) is 5.92 Å². The zero-order valence-corrected chi connectivity index (χ0v) is 14.1. The van der Waals surface area contributed by atoms with Crippen LogP contribution < -0.4 is 0 Å². The van der Waals surface area contributed by atoms with Gasteiger partial charge in [0.2, 0.25) is 5.91 Å². The zero-order chi connectivity index (χ0) is 17.2. The Balaban J connectivity index is 1.41. The van der Waals surface area contributed by atoms with Crippen LogP contribution in [-0.4, -0.2) is 47.3 Å². The number of benzene rings is 1. The zero-order valence-electron chi connectivity index (χ0n) is 14.1. The van der Waals surface area contributed by atoms with E-state index in [4.69, 9.17) is 4.74 Å². The van der Waals surface area contributed by atoms with Crippen molar-refractivity contribution >= 4 is 5.91 Å². The number of halogens is 1. The smallest absolute Gasteiger partial charge is 0.228 e. The Bertz CT molecular complexity index is 733. The Morgan fingerprint density at radius 2 is 2.08 bits per heavy atom. The first kappa shape index (κ1) is 16.3. The van der Waals surface area contributed by atoms with E-state index in [1.165, 1.54) is 0 Å². The van der Waals surface area contributed by atoms with E-state index in [2.05, 4.69) is 10.2 Å². The molecule has 0 saturated carbocycles. The molecule has 1 amide bonds.